The van der Waals surface area contributed by atoms with E-state index >= 15 is 0 Å². The third kappa shape index (κ3) is 2.42. The number of amides is 1. The van der Waals surface area contributed by atoms with Gasteiger partial charge in [0, 0.05) is 20.1 Å². The zero-order valence-corrected chi connectivity index (χ0v) is 7.52. The van der Waals surface area contributed by atoms with E-state index in [-0.39, 0.29) is 12.5 Å². The van der Waals surface area contributed by atoms with E-state index in [0.717, 1.165) is 6.42 Å². The summed E-state index contributed by atoms with van der Waals surface area (Å²) in [7, 11) is 1.33. The van der Waals surface area contributed by atoms with Crippen molar-refractivity contribution in [2.45, 2.75) is 18.9 Å². The maximum Gasteiger partial charge on any atom is 0.334 e. The third-order valence-electron chi connectivity index (χ3n) is 2.12. The van der Waals surface area contributed by atoms with Crippen LogP contribution in [0.1, 0.15) is 12.8 Å². The van der Waals surface area contributed by atoms with Crippen molar-refractivity contribution in [3.8, 4) is 0 Å². The number of rotatable bonds is 4. The number of ether oxygens (including phenoxy) is 1. The maximum absolute atomic E-state index is 11.1. The number of likely N-dealkylation sites (tertiary alicyclic amines) is 1. The fraction of sp³-hybridized carbons (Fsp3) is 0.750. The molecule has 1 rings (SSSR count). The zero-order chi connectivity index (χ0) is 9.84. The summed E-state index contributed by atoms with van der Waals surface area (Å²) in [5.74, 6) is -1.01. The van der Waals surface area contributed by atoms with Crippen molar-refractivity contribution in [1.29, 1.82) is 0 Å². The Kier molecular flexibility index (Phi) is 3.25. The van der Waals surface area contributed by atoms with Crippen molar-refractivity contribution in [3.05, 3.63) is 0 Å². The van der Waals surface area contributed by atoms with Crippen LogP contribution in [0, 0.1) is 0 Å². The Morgan fingerprint density at radius 2 is 2.46 bits per heavy atom. The van der Waals surface area contributed by atoms with Gasteiger partial charge in [0.2, 0.25) is 5.91 Å². The summed E-state index contributed by atoms with van der Waals surface area (Å²) in [4.78, 5) is 23.2. The number of methoxy groups -OCH3 is 1. The van der Waals surface area contributed by atoms with E-state index in [1.54, 1.807) is 0 Å². The van der Waals surface area contributed by atoms with Crippen LogP contribution in [-0.4, -0.2) is 48.2 Å². The van der Waals surface area contributed by atoms with E-state index in [1.165, 1.54) is 12.0 Å². The summed E-state index contributed by atoms with van der Waals surface area (Å²) in [6, 6.07) is 0. The normalized spacial score (nSPS) is 19.2. The molecule has 74 valence electrons. The highest BCUT2D eigenvalue weighted by Gasteiger charge is 2.26. The number of carboxylic acids is 1. The highest BCUT2D eigenvalue weighted by Crippen LogP contribution is 2.10. The van der Waals surface area contributed by atoms with Crippen LogP contribution in [0.3, 0.4) is 0 Å². The predicted molar refractivity (Wildman–Crippen MR) is 44.2 cm³/mol. The first-order chi connectivity index (χ1) is 6.15. The largest absolute Gasteiger partial charge is 0.479 e. The molecule has 1 fully saturated rings. The standard InChI is InChI=1S/C8H13NO4/c1-13-6(8(11)12)5-9-4-2-3-7(9)10/h6H,2-5H2,1H3,(H,11,12). The van der Waals surface area contributed by atoms with Gasteiger partial charge in [-0.2, -0.15) is 0 Å². The second-order valence-corrected chi connectivity index (χ2v) is 3.01. The summed E-state index contributed by atoms with van der Waals surface area (Å²) in [6.45, 7) is 0.802. The summed E-state index contributed by atoms with van der Waals surface area (Å²) in [5, 5.41) is 8.66. The molecule has 0 aromatic carbocycles. The number of carbonyl (C=O) groups is 2. The fourth-order valence-electron chi connectivity index (χ4n) is 1.35. The molecule has 0 aromatic rings. The summed E-state index contributed by atoms with van der Waals surface area (Å²) in [6.07, 6.45) is 0.437. The van der Waals surface area contributed by atoms with Crippen LogP contribution in [0.25, 0.3) is 0 Å². The molecule has 1 atom stereocenters. The van der Waals surface area contributed by atoms with Crippen molar-refractivity contribution < 1.29 is 19.4 Å². The Morgan fingerprint density at radius 3 is 2.85 bits per heavy atom. The van der Waals surface area contributed by atoms with Crippen LogP contribution >= 0.6 is 0 Å². The van der Waals surface area contributed by atoms with E-state index in [9.17, 15) is 9.59 Å². The van der Waals surface area contributed by atoms with E-state index in [1.807, 2.05) is 0 Å². The van der Waals surface area contributed by atoms with Gasteiger partial charge >= 0.3 is 5.97 Å². The first-order valence-electron chi connectivity index (χ1n) is 4.18. The Bertz CT molecular complexity index is 216. The van der Waals surface area contributed by atoms with E-state index in [2.05, 4.69) is 0 Å². The van der Waals surface area contributed by atoms with Crippen LogP contribution in [0.4, 0.5) is 0 Å². The van der Waals surface area contributed by atoms with Gasteiger partial charge in [0.25, 0.3) is 0 Å². The van der Waals surface area contributed by atoms with Crippen molar-refractivity contribution in [2.75, 3.05) is 20.2 Å². The lowest BCUT2D eigenvalue weighted by atomic mass is 10.3. The number of hydrogen-bond donors (Lipinski definition) is 1. The molecule has 5 nitrogen and oxygen atoms in total. The number of aliphatic carboxylic acids is 1. The van der Waals surface area contributed by atoms with Crippen LogP contribution in [-0.2, 0) is 14.3 Å². The van der Waals surface area contributed by atoms with Gasteiger partial charge < -0.3 is 14.7 Å². The molecule has 0 spiro atoms. The lowest BCUT2D eigenvalue weighted by Crippen LogP contribution is -2.38. The van der Waals surface area contributed by atoms with E-state index in [4.69, 9.17) is 9.84 Å². The number of nitrogens with zero attached hydrogens (tertiary/aromatic N) is 1. The Balaban J connectivity index is 2.45. The van der Waals surface area contributed by atoms with Crippen molar-refractivity contribution in [1.82, 2.24) is 4.90 Å². The molecule has 1 heterocycles. The van der Waals surface area contributed by atoms with Crippen LogP contribution < -0.4 is 0 Å². The predicted octanol–water partition coefficient (Wildman–Crippen LogP) is -0.292. The Hall–Kier alpha value is -1.10. The summed E-state index contributed by atoms with van der Waals surface area (Å²) in [5.41, 5.74) is 0. The molecule has 1 saturated heterocycles. The second kappa shape index (κ2) is 4.23. The molecule has 0 bridgehead atoms. The monoisotopic (exact) mass is 187 g/mol. The lowest BCUT2D eigenvalue weighted by Gasteiger charge is -2.19. The topological polar surface area (TPSA) is 66.8 Å². The average Bonchev–Trinajstić information content (AvgIpc) is 2.46. The van der Waals surface area contributed by atoms with Crippen LogP contribution in [0.5, 0.6) is 0 Å². The van der Waals surface area contributed by atoms with Gasteiger partial charge in [-0.05, 0) is 6.42 Å². The molecule has 1 unspecified atom stereocenters. The molecule has 0 saturated carbocycles. The van der Waals surface area contributed by atoms with Gasteiger partial charge in [-0.1, -0.05) is 0 Å². The van der Waals surface area contributed by atoms with Crippen molar-refractivity contribution in [3.63, 3.8) is 0 Å². The molecule has 1 aliphatic rings. The number of carboxylic acid groups (broad SMARTS) is 1. The highest BCUT2D eigenvalue weighted by molar-refractivity contribution is 5.79. The molecule has 5 heteroatoms. The first-order valence-corrected chi connectivity index (χ1v) is 4.18. The number of hydrogen-bond acceptors (Lipinski definition) is 3. The molecule has 0 aromatic heterocycles. The second-order valence-electron chi connectivity index (χ2n) is 3.01. The molecule has 1 aliphatic heterocycles. The Morgan fingerprint density at radius 1 is 1.77 bits per heavy atom. The minimum Gasteiger partial charge on any atom is -0.479 e. The minimum absolute atomic E-state index is 0.0169. The molecular weight excluding hydrogens is 174 g/mol. The van der Waals surface area contributed by atoms with Gasteiger partial charge in [0.15, 0.2) is 6.10 Å². The smallest absolute Gasteiger partial charge is 0.334 e. The van der Waals surface area contributed by atoms with Crippen molar-refractivity contribution in [2.24, 2.45) is 0 Å². The molecule has 1 amide bonds. The van der Waals surface area contributed by atoms with Crippen molar-refractivity contribution >= 4 is 11.9 Å². The molecule has 13 heavy (non-hydrogen) atoms. The third-order valence-corrected chi connectivity index (χ3v) is 2.12. The number of carbonyl (C=O) groups excluding carboxylic acids is 1. The molecular formula is C8H13NO4. The summed E-state index contributed by atoms with van der Waals surface area (Å²) < 4.78 is 4.73. The highest BCUT2D eigenvalue weighted by atomic mass is 16.5. The van der Waals surface area contributed by atoms with Gasteiger partial charge in [-0.15, -0.1) is 0 Å². The maximum atomic E-state index is 11.1. The lowest BCUT2D eigenvalue weighted by molar-refractivity contribution is -0.150. The van der Waals surface area contributed by atoms with Gasteiger partial charge in [-0.25, -0.2) is 4.79 Å². The van der Waals surface area contributed by atoms with Crippen LogP contribution in [0.2, 0.25) is 0 Å². The summed E-state index contributed by atoms with van der Waals surface area (Å²) >= 11 is 0. The molecule has 0 radical (unpaired) electrons. The molecule has 0 aliphatic carbocycles. The Labute approximate surface area is 76.3 Å². The zero-order valence-electron chi connectivity index (χ0n) is 7.52. The van der Waals surface area contributed by atoms with E-state index in [0.29, 0.717) is 13.0 Å². The van der Waals surface area contributed by atoms with Gasteiger partial charge in [0.1, 0.15) is 0 Å². The van der Waals surface area contributed by atoms with E-state index < -0.39 is 12.1 Å². The van der Waals surface area contributed by atoms with Gasteiger partial charge in [0.05, 0.1) is 6.54 Å². The van der Waals surface area contributed by atoms with Gasteiger partial charge in [-0.3, -0.25) is 4.79 Å². The van der Waals surface area contributed by atoms with Crippen LogP contribution in [0.15, 0.2) is 0 Å². The fourth-order valence-corrected chi connectivity index (χ4v) is 1.35. The molecule has 1 N–H and O–H groups in total. The first kappa shape index (κ1) is 9.98. The SMILES string of the molecule is COC(CN1CCCC1=O)C(=O)O. The average molecular weight is 187 g/mol. The quantitative estimate of drug-likeness (QED) is 0.656. The minimum atomic E-state index is -1.03.